The Hall–Kier alpha value is -0.610. The normalized spacial score (nSPS) is 9.83. The number of methoxy groups -OCH3 is 1. The molecule has 0 saturated heterocycles. The van der Waals surface area contributed by atoms with Crippen molar-refractivity contribution < 1.29 is 14.3 Å². The summed E-state index contributed by atoms with van der Waals surface area (Å²) in [7, 11) is 3.27. The van der Waals surface area contributed by atoms with Gasteiger partial charge in [-0.2, -0.15) is 0 Å². The van der Waals surface area contributed by atoms with Crippen LogP contribution < -0.4 is 5.32 Å². The fourth-order valence-corrected chi connectivity index (χ4v) is 0.697. The summed E-state index contributed by atoms with van der Waals surface area (Å²) in [5.41, 5.74) is 0. The molecule has 4 heteroatoms. The number of rotatable bonds is 7. The monoisotopic (exact) mass is 175 g/mol. The molecule has 0 heterocycles. The van der Waals surface area contributed by atoms with Crippen LogP contribution >= 0.6 is 0 Å². The van der Waals surface area contributed by atoms with Gasteiger partial charge in [0.25, 0.3) is 0 Å². The predicted octanol–water partition coefficient (Wildman–Crippen LogP) is 0.176. The van der Waals surface area contributed by atoms with Crippen molar-refractivity contribution in [1.82, 2.24) is 5.32 Å². The van der Waals surface area contributed by atoms with E-state index < -0.39 is 0 Å². The molecule has 0 rings (SSSR count). The second kappa shape index (κ2) is 8.49. The van der Waals surface area contributed by atoms with Gasteiger partial charge in [-0.25, -0.2) is 0 Å². The second-order valence-corrected chi connectivity index (χ2v) is 2.40. The smallest absolute Gasteiger partial charge is 0.305 e. The van der Waals surface area contributed by atoms with Crippen LogP contribution in [0, 0.1) is 0 Å². The van der Waals surface area contributed by atoms with Crippen molar-refractivity contribution in [3.05, 3.63) is 0 Å². The van der Waals surface area contributed by atoms with Crippen molar-refractivity contribution in [2.75, 3.05) is 33.9 Å². The maximum absolute atomic E-state index is 10.6. The minimum atomic E-state index is -0.174. The van der Waals surface area contributed by atoms with Crippen LogP contribution in [0.25, 0.3) is 0 Å². The molecule has 0 aliphatic rings. The molecular weight excluding hydrogens is 158 g/mol. The first kappa shape index (κ1) is 11.4. The van der Waals surface area contributed by atoms with E-state index in [1.54, 1.807) is 0 Å². The van der Waals surface area contributed by atoms with Gasteiger partial charge in [-0.1, -0.05) is 0 Å². The summed E-state index contributed by atoms with van der Waals surface area (Å²) < 4.78 is 9.67. The van der Waals surface area contributed by atoms with Gasteiger partial charge in [0.15, 0.2) is 0 Å². The Balaban J connectivity index is 2.95. The standard InChI is InChI=1S/C8H17NO3/c1-9-5-7-12-6-3-4-8(10)11-2/h9H,3-7H2,1-2H3. The highest BCUT2D eigenvalue weighted by Gasteiger charge is 1.98. The van der Waals surface area contributed by atoms with E-state index >= 15 is 0 Å². The Morgan fingerprint density at radius 1 is 1.42 bits per heavy atom. The molecule has 0 atom stereocenters. The van der Waals surface area contributed by atoms with E-state index in [0.717, 1.165) is 13.0 Å². The summed E-state index contributed by atoms with van der Waals surface area (Å²) in [6, 6.07) is 0. The molecule has 0 bridgehead atoms. The molecule has 0 aliphatic carbocycles. The highest BCUT2D eigenvalue weighted by atomic mass is 16.5. The molecule has 4 nitrogen and oxygen atoms in total. The van der Waals surface area contributed by atoms with Gasteiger partial charge >= 0.3 is 5.97 Å². The van der Waals surface area contributed by atoms with Crippen molar-refractivity contribution in [1.29, 1.82) is 0 Å². The molecule has 72 valence electrons. The van der Waals surface area contributed by atoms with Crippen LogP contribution in [0.3, 0.4) is 0 Å². The van der Waals surface area contributed by atoms with E-state index in [0.29, 0.717) is 19.6 Å². The Kier molecular flexibility index (Phi) is 8.05. The van der Waals surface area contributed by atoms with Crippen LogP contribution in [-0.4, -0.2) is 39.9 Å². The lowest BCUT2D eigenvalue weighted by atomic mass is 10.3. The summed E-state index contributed by atoms with van der Waals surface area (Å²) in [5.74, 6) is -0.174. The van der Waals surface area contributed by atoms with E-state index in [1.165, 1.54) is 7.11 Å². The van der Waals surface area contributed by atoms with Crippen molar-refractivity contribution >= 4 is 5.97 Å². The summed E-state index contributed by atoms with van der Waals surface area (Å²) in [6.45, 7) is 2.16. The number of hydrogen-bond acceptors (Lipinski definition) is 4. The largest absolute Gasteiger partial charge is 0.469 e. The average Bonchev–Trinajstić information content (AvgIpc) is 2.10. The maximum Gasteiger partial charge on any atom is 0.305 e. The third-order valence-corrected chi connectivity index (χ3v) is 1.39. The minimum absolute atomic E-state index is 0.174. The molecule has 0 aromatic rings. The zero-order chi connectivity index (χ0) is 9.23. The SMILES string of the molecule is CNCCOCCCC(=O)OC. The Labute approximate surface area is 73.2 Å². The van der Waals surface area contributed by atoms with Gasteiger partial charge in [0.1, 0.15) is 0 Å². The molecule has 0 aliphatic heterocycles. The Bertz CT molecular complexity index is 117. The number of ether oxygens (including phenoxy) is 2. The summed E-state index contributed by atoms with van der Waals surface area (Å²) in [4.78, 5) is 10.6. The quantitative estimate of drug-likeness (QED) is 0.443. The fraction of sp³-hybridized carbons (Fsp3) is 0.875. The molecule has 1 N–H and O–H groups in total. The number of carbonyl (C=O) groups excluding carboxylic acids is 1. The molecule has 0 radical (unpaired) electrons. The van der Waals surface area contributed by atoms with E-state index in [2.05, 4.69) is 10.1 Å². The van der Waals surface area contributed by atoms with Gasteiger partial charge in [-0.15, -0.1) is 0 Å². The lowest BCUT2D eigenvalue weighted by Crippen LogP contribution is -2.14. The van der Waals surface area contributed by atoms with E-state index in [-0.39, 0.29) is 5.97 Å². The van der Waals surface area contributed by atoms with Gasteiger partial charge in [0.2, 0.25) is 0 Å². The van der Waals surface area contributed by atoms with Gasteiger partial charge in [0, 0.05) is 19.6 Å². The van der Waals surface area contributed by atoms with Crippen molar-refractivity contribution in [2.45, 2.75) is 12.8 Å². The number of nitrogens with one attached hydrogen (secondary N) is 1. The van der Waals surface area contributed by atoms with Gasteiger partial charge < -0.3 is 14.8 Å². The zero-order valence-corrected chi connectivity index (χ0v) is 7.76. The minimum Gasteiger partial charge on any atom is -0.469 e. The topological polar surface area (TPSA) is 47.6 Å². The summed E-state index contributed by atoms with van der Waals surface area (Å²) >= 11 is 0. The number of likely N-dealkylation sites (N-methyl/N-ethyl adjacent to an activating group) is 1. The Morgan fingerprint density at radius 3 is 2.75 bits per heavy atom. The molecule has 0 aromatic heterocycles. The van der Waals surface area contributed by atoms with Crippen LogP contribution in [0.5, 0.6) is 0 Å². The van der Waals surface area contributed by atoms with Crippen LogP contribution in [0.2, 0.25) is 0 Å². The molecular formula is C8H17NO3. The fourth-order valence-electron chi connectivity index (χ4n) is 0.697. The molecule has 0 aromatic carbocycles. The highest BCUT2D eigenvalue weighted by Crippen LogP contribution is 1.91. The zero-order valence-electron chi connectivity index (χ0n) is 7.76. The molecule has 0 unspecified atom stereocenters. The third-order valence-electron chi connectivity index (χ3n) is 1.39. The van der Waals surface area contributed by atoms with E-state index in [1.807, 2.05) is 7.05 Å². The molecule has 0 amide bonds. The maximum atomic E-state index is 10.6. The lowest BCUT2D eigenvalue weighted by Gasteiger charge is -2.02. The van der Waals surface area contributed by atoms with Crippen LogP contribution in [-0.2, 0) is 14.3 Å². The second-order valence-electron chi connectivity index (χ2n) is 2.40. The summed E-state index contributed by atoms with van der Waals surface area (Å²) in [6.07, 6.45) is 1.17. The number of esters is 1. The van der Waals surface area contributed by atoms with Crippen molar-refractivity contribution in [2.24, 2.45) is 0 Å². The molecule has 0 spiro atoms. The van der Waals surface area contributed by atoms with Gasteiger partial charge in [0.05, 0.1) is 13.7 Å². The molecule has 0 fully saturated rings. The van der Waals surface area contributed by atoms with Gasteiger partial charge in [-0.05, 0) is 13.5 Å². The number of carbonyl (C=O) groups is 1. The highest BCUT2D eigenvalue weighted by molar-refractivity contribution is 5.68. The average molecular weight is 175 g/mol. The molecule has 12 heavy (non-hydrogen) atoms. The van der Waals surface area contributed by atoms with Crippen molar-refractivity contribution in [3.8, 4) is 0 Å². The molecule has 0 saturated carbocycles. The first-order valence-electron chi connectivity index (χ1n) is 4.10. The lowest BCUT2D eigenvalue weighted by molar-refractivity contribution is -0.141. The Morgan fingerprint density at radius 2 is 2.17 bits per heavy atom. The first-order chi connectivity index (χ1) is 5.81. The van der Waals surface area contributed by atoms with E-state index in [9.17, 15) is 4.79 Å². The summed E-state index contributed by atoms with van der Waals surface area (Å²) in [5, 5.41) is 2.96. The van der Waals surface area contributed by atoms with E-state index in [4.69, 9.17) is 4.74 Å². The predicted molar refractivity (Wildman–Crippen MR) is 46.0 cm³/mol. The van der Waals surface area contributed by atoms with Crippen molar-refractivity contribution in [3.63, 3.8) is 0 Å². The van der Waals surface area contributed by atoms with Crippen LogP contribution in [0.1, 0.15) is 12.8 Å². The third kappa shape index (κ3) is 7.50. The van der Waals surface area contributed by atoms with Crippen LogP contribution in [0.15, 0.2) is 0 Å². The first-order valence-corrected chi connectivity index (χ1v) is 4.10. The van der Waals surface area contributed by atoms with Crippen LogP contribution in [0.4, 0.5) is 0 Å². The number of hydrogen-bond donors (Lipinski definition) is 1. The van der Waals surface area contributed by atoms with Gasteiger partial charge in [-0.3, -0.25) is 4.79 Å².